The summed E-state index contributed by atoms with van der Waals surface area (Å²) in [6.45, 7) is -0.171. The van der Waals surface area contributed by atoms with Gasteiger partial charge in [0.1, 0.15) is 12.4 Å². The van der Waals surface area contributed by atoms with Crippen LogP contribution in [-0.2, 0) is 6.61 Å². The molecule has 2 aromatic heterocycles. The average Bonchev–Trinajstić information content (AvgIpc) is 2.52. The van der Waals surface area contributed by atoms with Crippen LogP contribution < -0.4 is 5.73 Å². The molecule has 0 aliphatic heterocycles. The largest absolute Gasteiger partial charge is 0.388 e. The third-order valence-corrected chi connectivity index (χ3v) is 2.44. The summed E-state index contributed by atoms with van der Waals surface area (Å²) in [6, 6.07) is 1.86. The maximum Gasteiger partial charge on any atom is 0.156 e. The number of rotatable bonds is 1. The molecule has 0 saturated carbocycles. The van der Waals surface area contributed by atoms with Crippen LogP contribution in [0.3, 0.4) is 0 Å². The van der Waals surface area contributed by atoms with Gasteiger partial charge in [0.15, 0.2) is 5.82 Å². The van der Waals surface area contributed by atoms with Crippen LogP contribution >= 0.6 is 11.3 Å². The van der Waals surface area contributed by atoms with E-state index in [2.05, 4.69) is 9.97 Å². The monoisotopic (exact) mass is 181 g/mol. The average molecular weight is 181 g/mol. The predicted molar refractivity (Wildman–Crippen MR) is 47.8 cm³/mol. The lowest BCUT2D eigenvalue weighted by atomic mass is 10.4. The first-order valence-electron chi connectivity index (χ1n) is 3.41. The van der Waals surface area contributed by atoms with Crippen LogP contribution in [0.2, 0.25) is 0 Å². The van der Waals surface area contributed by atoms with Crippen LogP contribution in [0.15, 0.2) is 11.4 Å². The van der Waals surface area contributed by atoms with Gasteiger partial charge in [0.25, 0.3) is 0 Å². The van der Waals surface area contributed by atoms with E-state index in [9.17, 15) is 0 Å². The number of nitrogens with zero attached hydrogens (tertiary/aromatic N) is 2. The Bertz CT molecular complexity index is 412. The highest BCUT2D eigenvalue weighted by Crippen LogP contribution is 2.23. The van der Waals surface area contributed by atoms with Crippen molar-refractivity contribution < 1.29 is 5.11 Å². The van der Waals surface area contributed by atoms with Crippen molar-refractivity contribution in [3.05, 3.63) is 17.3 Å². The van der Waals surface area contributed by atoms with Crippen LogP contribution in [0.5, 0.6) is 0 Å². The minimum Gasteiger partial charge on any atom is -0.388 e. The van der Waals surface area contributed by atoms with Crippen LogP contribution in [0.25, 0.3) is 10.2 Å². The Morgan fingerprint density at radius 1 is 1.50 bits per heavy atom. The van der Waals surface area contributed by atoms with Crippen molar-refractivity contribution in [3.8, 4) is 0 Å². The number of aliphatic hydroxyl groups excluding tert-OH is 1. The summed E-state index contributed by atoms with van der Waals surface area (Å²) in [6.07, 6.45) is 0. The van der Waals surface area contributed by atoms with Crippen molar-refractivity contribution >= 4 is 27.4 Å². The fourth-order valence-corrected chi connectivity index (χ4v) is 1.74. The van der Waals surface area contributed by atoms with Gasteiger partial charge >= 0.3 is 0 Å². The molecule has 0 saturated heterocycles. The molecule has 0 amide bonds. The molecule has 12 heavy (non-hydrogen) atoms. The van der Waals surface area contributed by atoms with E-state index in [4.69, 9.17) is 10.8 Å². The van der Waals surface area contributed by atoms with Crippen LogP contribution in [0, 0.1) is 0 Å². The van der Waals surface area contributed by atoms with E-state index >= 15 is 0 Å². The quantitative estimate of drug-likeness (QED) is 0.681. The highest BCUT2D eigenvalue weighted by Gasteiger charge is 2.04. The summed E-state index contributed by atoms with van der Waals surface area (Å²) in [5, 5.41) is 10.7. The Morgan fingerprint density at radius 3 is 3.08 bits per heavy atom. The first-order chi connectivity index (χ1) is 5.81. The molecule has 0 aliphatic rings. The van der Waals surface area contributed by atoms with E-state index in [0.717, 1.165) is 10.2 Å². The van der Waals surface area contributed by atoms with Gasteiger partial charge in [0.05, 0.1) is 10.2 Å². The molecular formula is C7H7N3OS. The SMILES string of the molecule is Nc1nc(CO)nc2ccsc12. The topological polar surface area (TPSA) is 72.0 Å². The molecule has 4 nitrogen and oxygen atoms in total. The molecule has 3 N–H and O–H groups in total. The molecule has 5 heteroatoms. The molecule has 62 valence electrons. The number of hydrogen-bond donors (Lipinski definition) is 2. The van der Waals surface area contributed by atoms with Gasteiger partial charge in [-0.25, -0.2) is 9.97 Å². The highest BCUT2D eigenvalue weighted by molar-refractivity contribution is 7.17. The Balaban J connectivity index is 2.75. The number of aromatic nitrogens is 2. The lowest BCUT2D eigenvalue weighted by Gasteiger charge is -1.97. The van der Waals surface area contributed by atoms with Crippen molar-refractivity contribution in [1.29, 1.82) is 0 Å². The van der Waals surface area contributed by atoms with Gasteiger partial charge in [0.2, 0.25) is 0 Å². The molecule has 0 atom stereocenters. The second-order valence-corrected chi connectivity index (χ2v) is 3.23. The first-order valence-corrected chi connectivity index (χ1v) is 4.29. The van der Waals surface area contributed by atoms with E-state index < -0.39 is 0 Å². The molecule has 2 heterocycles. The number of anilines is 1. The van der Waals surface area contributed by atoms with Crippen molar-refractivity contribution in [2.24, 2.45) is 0 Å². The van der Waals surface area contributed by atoms with Crippen LogP contribution in [0.4, 0.5) is 5.82 Å². The van der Waals surface area contributed by atoms with Gasteiger partial charge in [-0.05, 0) is 11.4 Å². The minimum absolute atomic E-state index is 0.171. The van der Waals surface area contributed by atoms with E-state index in [1.807, 2.05) is 11.4 Å². The summed E-state index contributed by atoms with van der Waals surface area (Å²) in [7, 11) is 0. The van der Waals surface area contributed by atoms with E-state index in [-0.39, 0.29) is 6.61 Å². The lowest BCUT2D eigenvalue weighted by molar-refractivity contribution is 0.272. The Kier molecular flexibility index (Phi) is 1.67. The van der Waals surface area contributed by atoms with Crippen molar-refractivity contribution in [3.63, 3.8) is 0 Å². The second-order valence-electron chi connectivity index (χ2n) is 2.32. The Morgan fingerprint density at radius 2 is 2.33 bits per heavy atom. The molecule has 0 spiro atoms. The van der Waals surface area contributed by atoms with E-state index in [1.54, 1.807) is 0 Å². The molecular weight excluding hydrogens is 174 g/mol. The molecule has 2 rings (SSSR count). The summed E-state index contributed by atoms with van der Waals surface area (Å²) in [4.78, 5) is 8.00. The predicted octanol–water partition coefficient (Wildman–Crippen LogP) is 0.766. The molecule has 2 aromatic rings. The fraction of sp³-hybridized carbons (Fsp3) is 0.143. The minimum atomic E-state index is -0.171. The number of fused-ring (bicyclic) bond motifs is 1. The van der Waals surface area contributed by atoms with Gasteiger partial charge in [-0.15, -0.1) is 11.3 Å². The van der Waals surface area contributed by atoms with Crippen molar-refractivity contribution in [1.82, 2.24) is 9.97 Å². The molecule has 0 bridgehead atoms. The van der Waals surface area contributed by atoms with Crippen molar-refractivity contribution in [2.45, 2.75) is 6.61 Å². The summed E-state index contributed by atoms with van der Waals surface area (Å²) < 4.78 is 0.882. The van der Waals surface area contributed by atoms with Gasteiger partial charge < -0.3 is 10.8 Å². The van der Waals surface area contributed by atoms with Gasteiger partial charge in [-0.3, -0.25) is 0 Å². The Labute approximate surface area is 72.7 Å². The molecule has 0 fully saturated rings. The fourth-order valence-electron chi connectivity index (χ4n) is 1.01. The lowest BCUT2D eigenvalue weighted by Crippen LogP contribution is -1.98. The number of nitrogens with two attached hydrogens (primary N) is 1. The third-order valence-electron chi connectivity index (χ3n) is 1.52. The number of thiophene rings is 1. The zero-order valence-electron chi connectivity index (χ0n) is 6.19. The smallest absolute Gasteiger partial charge is 0.156 e. The molecule has 0 aromatic carbocycles. The van der Waals surface area contributed by atoms with Gasteiger partial charge in [-0.1, -0.05) is 0 Å². The summed E-state index contributed by atoms with van der Waals surface area (Å²) in [5.74, 6) is 0.817. The molecule has 0 unspecified atom stereocenters. The van der Waals surface area contributed by atoms with E-state index in [0.29, 0.717) is 11.6 Å². The third kappa shape index (κ3) is 1.03. The zero-order chi connectivity index (χ0) is 8.55. The van der Waals surface area contributed by atoms with Crippen molar-refractivity contribution in [2.75, 3.05) is 5.73 Å². The zero-order valence-corrected chi connectivity index (χ0v) is 7.01. The molecule has 0 aliphatic carbocycles. The number of nitrogen functional groups attached to an aromatic ring is 1. The number of aliphatic hydroxyl groups is 1. The standard InChI is InChI=1S/C7H7N3OS/c8-7-6-4(1-2-12-6)9-5(3-11)10-7/h1-2,11H,3H2,(H2,8,9,10). The summed E-state index contributed by atoms with van der Waals surface area (Å²) in [5.41, 5.74) is 6.43. The molecule has 0 radical (unpaired) electrons. The summed E-state index contributed by atoms with van der Waals surface area (Å²) >= 11 is 1.50. The van der Waals surface area contributed by atoms with Gasteiger partial charge in [-0.2, -0.15) is 0 Å². The first kappa shape index (κ1) is 7.45. The Hall–Kier alpha value is -1.20. The van der Waals surface area contributed by atoms with Crippen LogP contribution in [0.1, 0.15) is 5.82 Å². The normalized spacial score (nSPS) is 10.8. The maximum absolute atomic E-state index is 8.78. The second kappa shape index (κ2) is 2.69. The van der Waals surface area contributed by atoms with E-state index in [1.165, 1.54) is 11.3 Å². The maximum atomic E-state index is 8.78. The van der Waals surface area contributed by atoms with Gasteiger partial charge in [0, 0.05) is 0 Å². The highest BCUT2D eigenvalue weighted by atomic mass is 32.1. The number of hydrogen-bond acceptors (Lipinski definition) is 5. The van der Waals surface area contributed by atoms with Crippen LogP contribution in [-0.4, -0.2) is 15.1 Å².